The van der Waals surface area contributed by atoms with Crippen LogP contribution in [0.5, 0.6) is 0 Å². The first-order valence-electron chi connectivity index (χ1n) is 9.60. The van der Waals surface area contributed by atoms with E-state index in [1.165, 1.54) is 19.3 Å². The predicted molar refractivity (Wildman–Crippen MR) is 98.8 cm³/mol. The molecule has 1 N–H and O–H groups in total. The molecule has 0 unspecified atom stereocenters. The van der Waals surface area contributed by atoms with Gasteiger partial charge in [-0.25, -0.2) is 0 Å². The van der Waals surface area contributed by atoms with Gasteiger partial charge in [-0.05, 0) is 37.6 Å². The molecule has 1 aliphatic heterocycles. The van der Waals surface area contributed by atoms with E-state index in [2.05, 4.69) is 17.1 Å². The first-order chi connectivity index (χ1) is 12.2. The van der Waals surface area contributed by atoms with E-state index in [9.17, 15) is 9.59 Å². The topological polar surface area (TPSA) is 52.7 Å². The first-order valence-corrected chi connectivity index (χ1v) is 9.60. The molecule has 0 aromatic heterocycles. The SMILES string of the molecule is CCN1CCN(C(=O)c2cccc(C(=O)NC3CCCCC3)c2)CC1. The lowest BCUT2D eigenvalue weighted by Gasteiger charge is -2.34. The van der Waals surface area contributed by atoms with Crippen LogP contribution in [0.1, 0.15) is 59.7 Å². The van der Waals surface area contributed by atoms with Crippen molar-refractivity contribution < 1.29 is 9.59 Å². The van der Waals surface area contributed by atoms with Crippen molar-refractivity contribution in [2.75, 3.05) is 32.7 Å². The van der Waals surface area contributed by atoms with E-state index in [1.54, 1.807) is 12.1 Å². The molecule has 3 rings (SSSR count). The lowest BCUT2D eigenvalue weighted by molar-refractivity contribution is 0.0643. The summed E-state index contributed by atoms with van der Waals surface area (Å²) in [5.41, 5.74) is 1.20. The van der Waals surface area contributed by atoms with Gasteiger partial charge in [0.2, 0.25) is 0 Å². The third-order valence-corrected chi connectivity index (χ3v) is 5.42. The van der Waals surface area contributed by atoms with Gasteiger partial charge in [0.15, 0.2) is 0 Å². The highest BCUT2D eigenvalue weighted by Gasteiger charge is 2.22. The van der Waals surface area contributed by atoms with E-state index in [4.69, 9.17) is 0 Å². The van der Waals surface area contributed by atoms with Crippen LogP contribution in [0.2, 0.25) is 0 Å². The quantitative estimate of drug-likeness (QED) is 0.914. The number of nitrogens with zero attached hydrogens (tertiary/aromatic N) is 2. The number of amides is 2. The van der Waals surface area contributed by atoms with Crippen molar-refractivity contribution in [2.45, 2.75) is 45.1 Å². The van der Waals surface area contributed by atoms with Gasteiger partial charge in [0.1, 0.15) is 0 Å². The van der Waals surface area contributed by atoms with Gasteiger partial charge < -0.3 is 15.1 Å². The van der Waals surface area contributed by atoms with Crippen molar-refractivity contribution in [1.29, 1.82) is 0 Å². The molecule has 2 fully saturated rings. The molecule has 2 aliphatic rings. The highest BCUT2D eigenvalue weighted by Crippen LogP contribution is 2.18. The number of nitrogens with one attached hydrogen (secondary N) is 1. The predicted octanol–water partition coefficient (Wildman–Crippen LogP) is 2.53. The second-order valence-electron chi connectivity index (χ2n) is 7.12. The Bertz CT molecular complexity index is 603. The monoisotopic (exact) mass is 343 g/mol. The summed E-state index contributed by atoms with van der Waals surface area (Å²) >= 11 is 0. The van der Waals surface area contributed by atoms with E-state index >= 15 is 0 Å². The summed E-state index contributed by atoms with van der Waals surface area (Å²) in [7, 11) is 0. The Balaban J connectivity index is 1.62. The average Bonchev–Trinajstić information content (AvgIpc) is 2.68. The van der Waals surface area contributed by atoms with Gasteiger partial charge in [-0.2, -0.15) is 0 Å². The van der Waals surface area contributed by atoms with Crippen molar-refractivity contribution in [3.05, 3.63) is 35.4 Å². The maximum Gasteiger partial charge on any atom is 0.253 e. The molecule has 0 spiro atoms. The summed E-state index contributed by atoms with van der Waals surface area (Å²) in [5.74, 6) is -0.0274. The summed E-state index contributed by atoms with van der Waals surface area (Å²) in [6.07, 6.45) is 5.76. The number of hydrogen-bond donors (Lipinski definition) is 1. The fraction of sp³-hybridized carbons (Fsp3) is 0.600. The maximum atomic E-state index is 12.7. The molecule has 5 heteroatoms. The van der Waals surface area contributed by atoms with Crippen LogP contribution < -0.4 is 5.32 Å². The molecule has 1 aromatic rings. The van der Waals surface area contributed by atoms with E-state index in [0.717, 1.165) is 45.6 Å². The summed E-state index contributed by atoms with van der Waals surface area (Å²) in [5, 5.41) is 3.12. The molecule has 0 radical (unpaired) electrons. The molecule has 1 saturated carbocycles. The van der Waals surface area contributed by atoms with Gasteiger partial charge in [-0.3, -0.25) is 9.59 Å². The Kier molecular flexibility index (Phi) is 6.08. The smallest absolute Gasteiger partial charge is 0.253 e. The normalized spacial score (nSPS) is 19.6. The van der Waals surface area contributed by atoms with Gasteiger partial charge in [0.25, 0.3) is 11.8 Å². The van der Waals surface area contributed by atoms with Crippen LogP contribution in [0.25, 0.3) is 0 Å². The molecule has 1 heterocycles. The largest absolute Gasteiger partial charge is 0.349 e. The number of carbonyl (C=O) groups excluding carboxylic acids is 2. The Hall–Kier alpha value is -1.88. The van der Waals surface area contributed by atoms with E-state index < -0.39 is 0 Å². The zero-order chi connectivity index (χ0) is 17.6. The summed E-state index contributed by atoms with van der Waals surface area (Å²) in [4.78, 5) is 29.5. The minimum Gasteiger partial charge on any atom is -0.349 e. The minimum atomic E-state index is -0.0580. The van der Waals surface area contributed by atoms with Crippen LogP contribution in [0.4, 0.5) is 0 Å². The summed E-state index contributed by atoms with van der Waals surface area (Å²) in [6, 6.07) is 7.44. The summed E-state index contributed by atoms with van der Waals surface area (Å²) < 4.78 is 0. The van der Waals surface area contributed by atoms with E-state index in [0.29, 0.717) is 11.1 Å². The Labute approximate surface area is 150 Å². The third kappa shape index (κ3) is 4.60. The van der Waals surface area contributed by atoms with Crippen LogP contribution in [0, 0.1) is 0 Å². The molecule has 2 amide bonds. The van der Waals surface area contributed by atoms with Crippen molar-refractivity contribution in [2.24, 2.45) is 0 Å². The molecular weight excluding hydrogens is 314 g/mol. The lowest BCUT2D eigenvalue weighted by Crippen LogP contribution is -2.48. The van der Waals surface area contributed by atoms with E-state index in [-0.39, 0.29) is 17.9 Å². The van der Waals surface area contributed by atoms with Gasteiger partial charge in [-0.15, -0.1) is 0 Å². The molecular formula is C20H29N3O2. The Morgan fingerprint density at radius 3 is 2.40 bits per heavy atom. The Morgan fingerprint density at radius 2 is 1.72 bits per heavy atom. The average molecular weight is 343 g/mol. The lowest BCUT2D eigenvalue weighted by atomic mass is 9.95. The molecule has 1 saturated heterocycles. The molecule has 1 aliphatic carbocycles. The molecule has 1 aromatic carbocycles. The van der Waals surface area contributed by atoms with Crippen LogP contribution in [0.3, 0.4) is 0 Å². The van der Waals surface area contributed by atoms with Crippen LogP contribution >= 0.6 is 0 Å². The number of likely N-dealkylation sites (N-methyl/N-ethyl adjacent to an activating group) is 1. The van der Waals surface area contributed by atoms with E-state index in [1.807, 2.05) is 17.0 Å². The zero-order valence-corrected chi connectivity index (χ0v) is 15.2. The number of rotatable bonds is 4. The van der Waals surface area contributed by atoms with Gasteiger partial charge in [0, 0.05) is 43.3 Å². The standard InChI is InChI=1S/C20H29N3O2/c1-2-22-11-13-23(14-12-22)20(25)17-8-6-7-16(15-17)19(24)21-18-9-4-3-5-10-18/h6-8,15,18H,2-5,9-14H2,1H3,(H,21,24). The second kappa shape index (κ2) is 8.48. The van der Waals surface area contributed by atoms with Crippen LogP contribution in [0.15, 0.2) is 24.3 Å². The fourth-order valence-electron chi connectivity index (χ4n) is 3.76. The maximum absolute atomic E-state index is 12.7. The molecule has 0 bridgehead atoms. The number of piperazine rings is 1. The number of carbonyl (C=O) groups is 2. The Morgan fingerprint density at radius 1 is 1.04 bits per heavy atom. The minimum absolute atomic E-state index is 0.0306. The van der Waals surface area contributed by atoms with Gasteiger partial charge >= 0.3 is 0 Å². The third-order valence-electron chi connectivity index (χ3n) is 5.42. The number of hydrogen-bond acceptors (Lipinski definition) is 3. The van der Waals surface area contributed by atoms with Crippen LogP contribution in [-0.4, -0.2) is 60.4 Å². The van der Waals surface area contributed by atoms with Crippen molar-refractivity contribution >= 4 is 11.8 Å². The highest BCUT2D eigenvalue weighted by atomic mass is 16.2. The van der Waals surface area contributed by atoms with Crippen LogP contribution in [-0.2, 0) is 0 Å². The van der Waals surface area contributed by atoms with Gasteiger partial charge in [0.05, 0.1) is 0 Å². The second-order valence-corrected chi connectivity index (χ2v) is 7.12. The van der Waals surface area contributed by atoms with Gasteiger partial charge in [-0.1, -0.05) is 32.3 Å². The summed E-state index contributed by atoms with van der Waals surface area (Å²) in [6.45, 7) is 6.52. The van der Waals surface area contributed by atoms with Crippen molar-refractivity contribution in [1.82, 2.24) is 15.1 Å². The van der Waals surface area contributed by atoms with Crippen molar-refractivity contribution in [3.63, 3.8) is 0 Å². The highest BCUT2D eigenvalue weighted by molar-refractivity contribution is 5.99. The number of benzene rings is 1. The zero-order valence-electron chi connectivity index (χ0n) is 15.2. The molecule has 25 heavy (non-hydrogen) atoms. The molecule has 5 nitrogen and oxygen atoms in total. The molecule has 0 atom stereocenters. The van der Waals surface area contributed by atoms with Crippen molar-refractivity contribution in [3.8, 4) is 0 Å². The molecule has 136 valence electrons. The first kappa shape index (κ1) is 17.9. The fourth-order valence-corrected chi connectivity index (χ4v) is 3.76.